The van der Waals surface area contributed by atoms with E-state index in [1.165, 1.54) is 19.3 Å². The lowest BCUT2D eigenvalue weighted by Gasteiger charge is -2.30. The third kappa shape index (κ3) is 3.16. The Balaban J connectivity index is 1.98. The van der Waals surface area contributed by atoms with Crippen LogP contribution in [0, 0.1) is 5.92 Å². The first-order chi connectivity index (χ1) is 8.33. The van der Waals surface area contributed by atoms with Gasteiger partial charge >= 0.3 is 0 Å². The summed E-state index contributed by atoms with van der Waals surface area (Å²) >= 11 is 0. The fourth-order valence-corrected chi connectivity index (χ4v) is 2.45. The number of aromatic nitrogens is 2. The van der Waals surface area contributed by atoms with E-state index in [1.807, 2.05) is 0 Å². The van der Waals surface area contributed by atoms with Gasteiger partial charge < -0.3 is 9.84 Å². The minimum atomic E-state index is -0.0751. The lowest BCUT2D eigenvalue weighted by Crippen LogP contribution is -2.30. The van der Waals surface area contributed by atoms with Crippen molar-refractivity contribution in [3.63, 3.8) is 0 Å². The van der Waals surface area contributed by atoms with Gasteiger partial charge in [-0.1, -0.05) is 13.3 Å². The van der Waals surface area contributed by atoms with Crippen molar-refractivity contribution in [1.29, 1.82) is 0 Å². The summed E-state index contributed by atoms with van der Waals surface area (Å²) in [6, 6.07) is 3.55. The first-order valence-electron chi connectivity index (χ1n) is 6.43. The largest absolute Gasteiger partial charge is 0.473 e. The van der Waals surface area contributed by atoms with Crippen LogP contribution >= 0.6 is 0 Å². The van der Waals surface area contributed by atoms with E-state index in [4.69, 9.17) is 9.84 Å². The molecule has 2 atom stereocenters. The molecular formula is C13H20N2O2. The quantitative estimate of drug-likeness (QED) is 0.871. The highest BCUT2D eigenvalue weighted by Gasteiger charge is 2.25. The van der Waals surface area contributed by atoms with Gasteiger partial charge in [0.05, 0.1) is 12.3 Å². The SMILES string of the molecule is CCC1CCCCC1Oc1ccc(CO)nn1. The molecule has 1 aromatic rings. The lowest BCUT2D eigenvalue weighted by atomic mass is 9.85. The summed E-state index contributed by atoms with van der Waals surface area (Å²) in [6.07, 6.45) is 6.36. The molecule has 1 aliphatic rings. The number of aliphatic hydroxyl groups excluding tert-OH is 1. The van der Waals surface area contributed by atoms with E-state index in [2.05, 4.69) is 17.1 Å². The van der Waals surface area contributed by atoms with Crippen molar-refractivity contribution in [2.45, 2.75) is 51.7 Å². The van der Waals surface area contributed by atoms with Crippen LogP contribution in [0.5, 0.6) is 5.88 Å². The summed E-state index contributed by atoms with van der Waals surface area (Å²) in [6.45, 7) is 2.14. The maximum atomic E-state index is 8.89. The zero-order valence-corrected chi connectivity index (χ0v) is 10.3. The molecule has 0 aromatic carbocycles. The Morgan fingerprint density at radius 2 is 2.12 bits per heavy atom. The first-order valence-corrected chi connectivity index (χ1v) is 6.43. The summed E-state index contributed by atoms with van der Waals surface area (Å²) in [5.74, 6) is 1.22. The molecule has 94 valence electrons. The van der Waals surface area contributed by atoms with Gasteiger partial charge in [0, 0.05) is 6.07 Å². The van der Waals surface area contributed by atoms with Crippen LogP contribution in [0.4, 0.5) is 0 Å². The van der Waals surface area contributed by atoms with Gasteiger partial charge in [-0.2, -0.15) is 0 Å². The first kappa shape index (κ1) is 12.3. The third-order valence-electron chi connectivity index (χ3n) is 3.49. The summed E-state index contributed by atoms with van der Waals surface area (Å²) in [5, 5.41) is 16.8. The molecule has 2 rings (SSSR count). The van der Waals surface area contributed by atoms with Crippen LogP contribution in [0.2, 0.25) is 0 Å². The minimum Gasteiger partial charge on any atom is -0.473 e. The molecule has 4 heteroatoms. The van der Waals surface area contributed by atoms with Crippen molar-refractivity contribution < 1.29 is 9.84 Å². The van der Waals surface area contributed by atoms with E-state index < -0.39 is 0 Å². The predicted octanol–water partition coefficient (Wildman–Crippen LogP) is 2.32. The third-order valence-corrected chi connectivity index (χ3v) is 3.49. The second kappa shape index (κ2) is 5.96. The fraction of sp³-hybridized carbons (Fsp3) is 0.692. The Kier molecular flexibility index (Phi) is 4.31. The van der Waals surface area contributed by atoms with Crippen LogP contribution in [0.15, 0.2) is 12.1 Å². The Morgan fingerprint density at radius 1 is 1.29 bits per heavy atom. The Bertz CT molecular complexity index is 340. The minimum absolute atomic E-state index is 0.0751. The maximum absolute atomic E-state index is 8.89. The smallest absolute Gasteiger partial charge is 0.233 e. The fourth-order valence-electron chi connectivity index (χ4n) is 2.45. The van der Waals surface area contributed by atoms with Gasteiger partial charge in [-0.05, 0) is 37.7 Å². The molecule has 0 bridgehead atoms. The van der Waals surface area contributed by atoms with Crippen molar-refractivity contribution in [2.24, 2.45) is 5.92 Å². The highest BCUT2D eigenvalue weighted by molar-refractivity contribution is 5.11. The average Bonchev–Trinajstić information content (AvgIpc) is 2.40. The molecule has 0 saturated heterocycles. The Labute approximate surface area is 102 Å². The van der Waals surface area contributed by atoms with E-state index in [0.29, 0.717) is 17.5 Å². The Morgan fingerprint density at radius 3 is 2.76 bits per heavy atom. The number of rotatable bonds is 4. The standard InChI is InChI=1S/C13H20N2O2/c1-2-10-5-3-4-6-12(10)17-13-8-7-11(9-16)14-15-13/h7-8,10,12,16H,2-6,9H2,1H3. The van der Waals surface area contributed by atoms with Crippen molar-refractivity contribution in [3.8, 4) is 5.88 Å². The molecule has 1 heterocycles. The van der Waals surface area contributed by atoms with Gasteiger partial charge in [0.1, 0.15) is 6.10 Å². The molecule has 1 aromatic heterocycles. The van der Waals surface area contributed by atoms with Gasteiger partial charge in [-0.25, -0.2) is 0 Å². The normalized spacial score (nSPS) is 24.6. The Hall–Kier alpha value is -1.16. The predicted molar refractivity (Wildman–Crippen MR) is 64.6 cm³/mol. The monoisotopic (exact) mass is 236 g/mol. The van der Waals surface area contributed by atoms with Crippen LogP contribution in [0.25, 0.3) is 0 Å². The topological polar surface area (TPSA) is 55.2 Å². The maximum Gasteiger partial charge on any atom is 0.233 e. The molecule has 1 saturated carbocycles. The van der Waals surface area contributed by atoms with Gasteiger partial charge in [-0.15, -0.1) is 10.2 Å². The zero-order valence-electron chi connectivity index (χ0n) is 10.3. The van der Waals surface area contributed by atoms with Crippen LogP contribution in [0.3, 0.4) is 0 Å². The van der Waals surface area contributed by atoms with Crippen molar-refractivity contribution >= 4 is 0 Å². The lowest BCUT2D eigenvalue weighted by molar-refractivity contribution is 0.0846. The van der Waals surface area contributed by atoms with Crippen molar-refractivity contribution in [3.05, 3.63) is 17.8 Å². The molecule has 1 fully saturated rings. The number of aliphatic hydroxyl groups is 1. The molecular weight excluding hydrogens is 216 g/mol. The summed E-state index contributed by atoms with van der Waals surface area (Å²) in [7, 11) is 0. The number of hydrogen-bond acceptors (Lipinski definition) is 4. The average molecular weight is 236 g/mol. The number of nitrogens with zero attached hydrogens (tertiary/aromatic N) is 2. The van der Waals surface area contributed by atoms with E-state index >= 15 is 0 Å². The highest BCUT2D eigenvalue weighted by Crippen LogP contribution is 2.29. The summed E-state index contributed by atoms with van der Waals surface area (Å²) < 4.78 is 5.90. The molecule has 1 aliphatic carbocycles. The molecule has 0 amide bonds. The van der Waals surface area contributed by atoms with Crippen molar-refractivity contribution in [2.75, 3.05) is 0 Å². The van der Waals surface area contributed by atoms with Crippen LogP contribution in [-0.2, 0) is 6.61 Å². The molecule has 1 N–H and O–H groups in total. The van der Waals surface area contributed by atoms with Crippen LogP contribution in [-0.4, -0.2) is 21.4 Å². The molecule has 0 radical (unpaired) electrons. The van der Waals surface area contributed by atoms with Crippen LogP contribution < -0.4 is 4.74 Å². The summed E-state index contributed by atoms with van der Waals surface area (Å²) in [4.78, 5) is 0. The number of hydrogen-bond donors (Lipinski definition) is 1. The number of ether oxygens (including phenoxy) is 1. The zero-order chi connectivity index (χ0) is 12.1. The summed E-state index contributed by atoms with van der Waals surface area (Å²) in [5.41, 5.74) is 0.577. The van der Waals surface area contributed by atoms with Gasteiger partial charge in [0.25, 0.3) is 0 Å². The molecule has 0 spiro atoms. The second-order valence-electron chi connectivity index (χ2n) is 4.63. The van der Waals surface area contributed by atoms with E-state index in [1.54, 1.807) is 12.1 Å². The second-order valence-corrected chi connectivity index (χ2v) is 4.63. The highest BCUT2D eigenvalue weighted by atomic mass is 16.5. The van der Waals surface area contributed by atoms with E-state index in [9.17, 15) is 0 Å². The molecule has 17 heavy (non-hydrogen) atoms. The molecule has 0 aliphatic heterocycles. The molecule has 2 unspecified atom stereocenters. The van der Waals surface area contributed by atoms with Gasteiger partial charge in [-0.3, -0.25) is 0 Å². The van der Waals surface area contributed by atoms with Gasteiger partial charge in [0.2, 0.25) is 5.88 Å². The molecule has 4 nitrogen and oxygen atoms in total. The van der Waals surface area contributed by atoms with Crippen molar-refractivity contribution in [1.82, 2.24) is 10.2 Å². The van der Waals surface area contributed by atoms with Crippen LogP contribution in [0.1, 0.15) is 44.7 Å². The van der Waals surface area contributed by atoms with E-state index in [0.717, 1.165) is 12.8 Å². The van der Waals surface area contributed by atoms with E-state index in [-0.39, 0.29) is 12.7 Å². The van der Waals surface area contributed by atoms with Gasteiger partial charge in [0.15, 0.2) is 0 Å².